The predicted octanol–water partition coefficient (Wildman–Crippen LogP) is 9.38. The van der Waals surface area contributed by atoms with Crippen LogP contribution in [0.15, 0.2) is 198 Å². The average molecular weight is 1030 g/mol. The lowest BCUT2D eigenvalue weighted by atomic mass is 10.0. The number of nitrogens with zero attached hydrogens (tertiary/aromatic N) is 9. The number of aryl methyl sites for hydroxylation is 2. The molecule has 0 amide bonds. The molecule has 0 aliphatic carbocycles. The van der Waals surface area contributed by atoms with Crippen LogP contribution in [-0.2, 0) is 0 Å². The molecule has 0 aliphatic rings. The van der Waals surface area contributed by atoms with E-state index in [9.17, 15) is 29.4 Å². The minimum atomic E-state index is -1.25. The fourth-order valence-electron chi connectivity index (χ4n) is 7.91. The largest absolute Gasteiger partial charge is 0.545 e. The van der Waals surface area contributed by atoms with Gasteiger partial charge in [-0.2, -0.15) is 0 Å². The molecule has 0 saturated heterocycles. The quantitative estimate of drug-likeness (QED) is 0.0960. The van der Waals surface area contributed by atoms with Gasteiger partial charge < -0.3 is 30.0 Å². The Balaban J connectivity index is 0.000000238. The lowest BCUT2D eigenvalue weighted by molar-refractivity contribution is -0.256. The highest BCUT2D eigenvalue weighted by molar-refractivity contribution is 5.91. The number of hydrogen-bond acceptors (Lipinski definition) is 15. The summed E-state index contributed by atoms with van der Waals surface area (Å²) in [6.45, 7) is 3.33. The SMILES string of the molecule is Cc1cc(-c2nnc(-c3ccc(C(=O)O)c(C)c3)nn2)ccc1C(=O)[O-].O=C([O-])c1ccc(C=Nc2ccc(-c3ccc(-c4ncc(-c5ccc(-c6ccc(N=Cc7ccc(C(=O)O)cc7)cc6)cc5)nn4)cc3)cc2)cc1. The normalized spacial score (nSPS) is 11.0. The molecule has 17 nitrogen and oxygen atoms in total. The molecule has 17 heteroatoms. The van der Waals surface area contributed by atoms with Gasteiger partial charge in [0.05, 0.1) is 40.6 Å². The Bertz CT molecular complexity index is 3620. The number of aromatic nitrogens is 7. The van der Waals surface area contributed by atoms with Gasteiger partial charge >= 0.3 is 11.9 Å². The summed E-state index contributed by atoms with van der Waals surface area (Å²) in [4.78, 5) is 57.6. The third kappa shape index (κ3) is 12.6. The molecule has 0 fully saturated rings. The van der Waals surface area contributed by atoms with E-state index in [2.05, 4.69) is 45.6 Å². The fourth-order valence-corrected chi connectivity index (χ4v) is 7.91. The first-order valence-electron chi connectivity index (χ1n) is 23.8. The highest BCUT2D eigenvalue weighted by Gasteiger charge is 2.13. The molecule has 0 atom stereocenters. The van der Waals surface area contributed by atoms with Gasteiger partial charge in [0, 0.05) is 40.2 Å². The molecule has 380 valence electrons. The van der Waals surface area contributed by atoms with E-state index in [-0.39, 0.29) is 33.9 Å². The standard InChI is InChI=1S/C43H29N5O4.C18H14N4O4/c49-42(50)36-5-1-28(2-6-36)25-44-38-21-17-32(18-22-38)30-9-13-34(14-10-30)40-27-46-41(48-47-40)35-15-11-31(12-16-35)33-19-23-39(24-20-33)45-26-29-3-7-37(8-4-29)43(51)52;1-9-7-11(3-5-13(9)17(23)24)15-19-21-16(22-20-15)12-4-6-14(18(25)26)10(2)8-12/h1-27H,(H,49,50)(H,51,52);3-8H,1-2H3,(H,23,24)(H,25,26)/p-2. The van der Waals surface area contributed by atoms with Crippen molar-refractivity contribution < 1.29 is 39.6 Å². The molecular weight excluding hydrogens is 987 g/mol. The van der Waals surface area contributed by atoms with Crippen LogP contribution in [0.3, 0.4) is 0 Å². The first-order valence-corrected chi connectivity index (χ1v) is 23.8. The van der Waals surface area contributed by atoms with Crippen molar-refractivity contribution in [1.29, 1.82) is 0 Å². The summed E-state index contributed by atoms with van der Waals surface area (Å²) < 4.78 is 0. The summed E-state index contributed by atoms with van der Waals surface area (Å²) in [5, 5.41) is 64.9. The Morgan fingerprint density at radius 2 is 0.782 bits per heavy atom. The predicted molar refractivity (Wildman–Crippen MR) is 290 cm³/mol. The molecule has 0 bridgehead atoms. The Labute approximate surface area is 445 Å². The number of carboxylic acid groups (broad SMARTS) is 4. The number of rotatable bonds is 14. The lowest BCUT2D eigenvalue weighted by Gasteiger charge is -2.08. The zero-order valence-electron chi connectivity index (χ0n) is 41.4. The van der Waals surface area contributed by atoms with Gasteiger partial charge in [-0.3, -0.25) is 9.98 Å². The van der Waals surface area contributed by atoms with E-state index in [1.807, 2.05) is 97.1 Å². The number of aliphatic imine (C=N–C) groups is 2. The second kappa shape index (κ2) is 23.4. The third-order valence-corrected chi connectivity index (χ3v) is 12.2. The zero-order valence-corrected chi connectivity index (χ0v) is 41.4. The third-order valence-electron chi connectivity index (χ3n) is 12.2. The maximum absolute atomic E-state index is 11.1. The van der Waals surface area contributed by atoms with Crippen molar-refractivity contribution in [2.45, 2.75) is 13.8 Å². The summed E-state index contributed by atoms with van der Waals surface area (Å²) in [7, 11) is 0. The van der Waals surface area contributed by atoms with Crippen LogP contribution in [0, 0.1) is 13.8 Å². The van der Waals surface area contributed by atoms with Crippen LogP contribution in [-0.4, -0.2) is 82.1 Å². The van der Waals surface area contributed by atoms with Crippen LogP contribution >= 0.6 is 0 Å². The van der Waals surface area contributed by atoms with Crippen LogP contribution in [0.25, 0.3) is 67.7 Å². The van der Waals surface area contributed by atoms with Crippen LogP contribution in [0.4, 0.5) is 11.4 Å². The van der Waals surface area contributed by atoms with Gasteiger partial charge in [0.2, 0.25) is 11.6 Å². The van der Waals surface area contributed by atoms with Crippen molar-refractivity contribution in [3.05, 3.63) is 233 Å². The second-order valence-corrected chi connectivity index (χ2v) is 17.5. The van der Waals surface area contributed by atoms with E-state index in [4.69, 9.17) is 10.2 Å². The molecule has 78 heavy (non-hydrogen) atoms. The molecule has 10 aromatic rings. The Morgan fingerprint density at radius 3 is 1.17 bits per heavy atom. The Morgan fingerprint density at radius 1 is 0.397 bits per heavy atom. The van der Waals surface area contributed by atoms with E-state index in [1.54, 1.807) is 93.1 Å². The van der Waals surface area contributed by atoms with Gasteiger partial charge in [0.25, 0.3) is 0 Å². The molecule has 0 spiro atoms. The van der Waals surface area contributed by atoms with Crippen molar-refractivity contribution in [1.82, 2.24) is 35.6 Å². The van der Waals surface area contributed by atoms with E-state index >= 15 is 0 Å². The van der Waals surface area contributed by atoms with Crippen LogP contribution in [0.2, 0.25) is 0 Å². The summed E-state index contributed by atoms with van der Waals surface area (Å²) in [5.74, 6) is -3.37. The van der Waals surface area contributed by atoms with Crippen LogP contribution < -0.4 is 10.2 Å². The van der Waals surface area contributed by atoms with Crippen molar-refractivity contribution in [2.24, 2.45) is 9.98 Å². The minimum absolute atomic E-state index is 0.0975. The number of carboxylic acids is 4. The second-order valence-electron chi connectivity index (χ2n) is 17.5. The minimum Gasteiger partial charge on any atom is -0.545 e. The maximum Gasteiger partial charge on any atom is 0.335 e. The van der Waals surface area contributed by atoms with Gasteiger partial charge in [-0.25, -0.2) is 14.6 Å². The molecule has 0 saturated carbocycles. The monoisotopic (exact) mass is 1030 g/mol. The van der Waals surface area contributed by atoms with Crippen molar-refractivity contribution in [2.75, 3.05) is 0 Å². The highest BCUT2D eigenvalue weighted by Crippen LogP contribution is 2.29. The topological polar surface area (TPSA) is 270 Å². The fraction of sp³-hybridized carbons (Fsp3) is 0.0328. The van der Waals surface area contributed by atoms with E-state index in [0.717, 1.165) is 55.9 Å². The lowest BCUT2D eigenvalue weighted by Crippen LogP contribution is -2.23. The summed E-state index contributed by atoms with van der Waals surface area (Å²) >= 11 is 0. The summed E-state index contributed by atoms with van der Waals surface area (Å²) in [6, 6.07) is 54.0. The number of hydrogen-bond donors (Lipinski definition) is 2. The van der Waals surface area contributed by atoms with Gasteiger partial charge in [-0.15, -0.1) is 30.6 Å². The number of carbonyl (C=O) groups is 4. The first-order chi connectivity index (χ1) is 37.7. The molecule has 8 aromatic carbocycles. The zero-order chi connectivity index (χ0) is 54.7. The maximum atomic E-state index is 11.1. The molecular formula is C61H41N9O8-2. The molecule has 2 aromatic heterocycles. The highest BCUT2D eigenvalue weighted by atomic mass is 16.4. The number of carbonyl (C=O) groups excluding carboxylic acids is 2. The van der Waals surface area contributed by atoms with E-state index in [1.165, 1.54) is 24.3 Å². The van der Waals surface area contributed by atoms with Crippen molar-refractivity contribution in [3.63, 3.8) is 0 Å². The molecule has 0 aliphatic heterocycles. The average Bonchev–Trinajstić information content (AvgIpc) is 3.47. The van der Waals surface area contributed by atoms with E-state index < -0.39 is 23.9 Å². The van der Waals surface area contributed by atoms with Gasteiger partial charge in [-0.1, -0.05) is 127 Å². The number of aromatic carboxylic acids is 4. The van der Waals surface area contributed by atoms with Crippen molar-refractivity contribution in [3.8, 4) is 67.7 Å². The smallest absolute Gasteiger partial charge is 0.335 e. The van der Waals surface area contributed by atoms with E-state index in [0.29, 0.717) is 33.8 Å². The Kier molecular flexibility index (Phi) is 15.6. The van der Waals surface area contributed by atoms with Gasteiger partial charge in [-0.05, 0) is 119 Å². The Hall–Kier alpha value is -11.1. The van der Waals surface area contributed by atoms with Crippen LogP contribution in [0.1, 0.15) is 63.7 Å². The van der Waals surface area contributed by atoms with Gasteiger partial charge in [0.1, 0.15) is 5.69 Å². The summed E-state index contributed by atoms with van der Waals surface area (Å²) in [5.41, 5.74) is 12.7. The molecule has 0 radical (unpaired) electrons. The van der Waals surface area contributed by atoms with Gasteiger partial charge in [0.15, 0.2) is 5.82 Å². The molecule has 2 N–H and O–H groups in total. The van der Waals surface area contributed by atoms with Crippen LogP contribution in [0.5, 0.6) is 0 Å². The number of benzene rings is 8. The van der Waals surface area contributed by atoms with Crippen molar-refractivity contribution >= 4 is 47.7 Å². The molecule has 2 heterocycles. The molecule has 0 unspecified atom stereocenters. The molecule has 10 rings (SSSR count). The summed E-state index contributed by atoms with van der Waals surface area (Å²) in [6.07, 6.45) is 5.12. The first kappa shape index (κ1) is 51.8.